The Bertz CT molecular complexity index is 729. The number of hydrogen-bond donors (Lipinski definition) is 2. The maximum atomic E-state index is 6.06. The van der Waals surface area contributed by atoms with Gasteiger partial charge in [-0.25, -0.2) is 4.99 Å². The number of nitrogens with zero attached hydrogens (tertiary/aromatic N) is 1. The summed E-state index contributed by atoms with van der Waals surface area (Å²) in [6, 6.07) is 10.1. The Balaban J connectivity index is 0.00000280. The molecule has 1 unspecified atom stereocenters. The summed E-state index contributed by atoms with van der Waals surface area (Å²) in [5, 5.41) is 6.54. The lowest BCUT2D eigenvalue weighted by Gasteiger charge is -2.15. The molecule has 1 atom stereocenters. The summed E-state index contributed by atoms with van der Waals surface area (Å²) in [5.41, 5.74) is 2.24. The number of benzene rings is 1. The van der Waals surface area contributed by atoms with Crippen LogP contribution >= 0.6 is 24.0 Å². The van der Waals surface area contributed by atoms with Crippen molar-refractivity contribution < 1.29 is 13.9 Å². The lowest BCUT2D eigenvalue weighted by molar-refractivity contribution is 0.0676. The zero-order valence-corrected chi connectivity index (χ0v) is 18.9. The quantitative estimate of drug-likeness (QED) is 0.326. The fraction of sp³-hybridized carbons (Fsp3) is 0.476. The van der Waals surface area contributed by atoms with Crippen LogP contribution in [0.3, 0.4) is 0 Å². The molecule has 1 aromatic carbocycles. The van der Waals surface area contributed by atoms with Crippen molar-refractivity contribution in [3.05, 3.63) is 53.5 Å². The van der Waals surface area contributed by atoms with Gasteiger partial charge in [0.2, 0.25) is 0 Å². The van der Waals surface area contributed by atoms with Crippen molar-refractivity contribution in [3.63, 3.8) is 0 Å². The first-order valence-electron chi connectivity index (χ1n) is 9.63. The zero-order valence-electron chi connectivity index (χ0n) is 16.6. The third-order valence-corrected chi connectivity index (χ3v) is 4.43. The Kier molecular flexibility index (Phi) is 9.63. The predicted molar refractivity (Wildman–Crippen MR) is 121 cm³/mol. The highest BCUT2D eigenvalue weighted by Crippen LogP contribution is 2.23. The number of aliphatic imine (C=N–C) groups is 1. The van der Waals surface area contributed by atoms with Gasteiger partial charge in [0.1, 0.15) is 18.1 Å². The zero-order chi connectivity index (χ0) is 18.9. The van der Waals surface area contributed by atoms with Crippen molar-refractivity contribution in [3.8, 4) is 5.75 Å². The van der Waals surface area contributed by atoms with Crippen LogP contribution in [0, 0.1) is 6.92 Å². The number of ether oxygens (including phenoxy) is 2. The van der Waals surface area contributed by atoms with Crippen molar-refractivity contribution in [2.24, 2.45) is 4.99 Å². The average molecular weight is 499 g/mol. The molecule has 7 heteroatoms. The monoisotopic (exact) mass is 499 g/mol. The normalized spacial score (nSPS) is 16.5. The first-order chi connectivity index (χ1) is 13.2. The molecule has 1 aliphatic rings. The van der Waals surface area contributed by atoms with Gasteiger partial charge >= 0.3 is 0 Å². The molecule has 28 heavy (non-hydrogen) atoms. The maximum absolute atomic E-state index is 6.06. The summed E-state index contributed by atoms with van der Waals surface area (Å²) >= 11 is 0. The molecule has 0 bridgehead atoms. The molecule has 154 valence electrons. The van der Waals surface area contributed by atoms with Crippen LogP contribution in [-0.2, 0) is 17.8 Å². The molecule has 2 aromatic rings. The van der Waals surface area contributed by atoms with E-state index in [0.717, 1.165) is 49.0 Å². The third kappa shape index (κ3) is 7.01. The fourth-order valence-corrected chi connectivity index (χ4v) is 2.98. The van der Waals surface area contributed by atoms with Gasteiger partial charge in [-0.3, -0.25) is 0 Å². The van der Waals surface area contributed by atoms with Gasteiger partial charge in [-0.1, -0.05) is 12.1 Å². The standard InChI is InChI=1S/C21H29N3O3.HI/c1-3-22-21(24-14-18-6-4-10-25-18)23-13-17-9-8-16(2)12-20(17)27-15-19-7-5-11-26-19;/h4,6,8-10,12,19H,3,5,7,11,13-15H2,1-2H3,(H2,22,23,24);1H. The van der Waals surface area contributed by atoms with E-state index < -0.39 is 0 Å². The molecule has 1 aromatic heterocycles. The van der Waals surface area contributed by atoms with Crippen LogP contribution in [0.4, 0.5) is 0 Å². The second-order valence-electron chi connectivity index (χ2n) is 6.69. The molecule has 0 saturated carbocycles. The highest BCUT2D eigenvalue weighted by atomic mass is 127. The molecule has 1 saturated heterocycles. The highest BCUT2D eigenvalue weighted by Gasteiger charge is 2.17. The average Bonchev–Trinajstić information content (AvgIpc) is 3.37. The van der Waals surface area contributed by atoms with E-state index in [0.29, 0.717) is 19.7 Å². The van der Waals surface area contributed by atoms with Gasteiger partial charge in [0, 0.05) is 18.7 Å². The summed E-state index contributed by atoms with van der Waals surface area (Å²) in [6.07, 6.45) is 4.06. The van der Waals surface area contributed by atoms with Crippen LogP contribution in [0.15, 0.2) is 46.0 Å². The Morgan fingerprint density at radius 2 is 2.18 bits per heavy atom. The van der Waals surface area contributed by atoms with Crippen LogP contribution < -0.4 is 15.4 Å². The van der Waals surface area contributed by atoms with Crippen molar-refractivity contribution in [2.75, 3.05) is 19.8 Å². The minimum atomic E-state index is 0. The minimum Gasteiger partial charge on any atom is -0.491 e. The first-order valence-corrected chi connectivity index (χ1v) is 9.63. The van der Waals surface area contributed by atoms with Crippen molar-refractivity contribution >= 4 is 29.9 Å². The second kappa shape index (κ2) is 12.0. The topological polar surface area (TPSA) is 68.0 Å². The summed E-state index contributed by atoms with van der Waals surface area (Å²) in [5.74, 6) is 2.51. The van der Waals surface area contributed by atoms with Crippen LogP contribution in [0.5, 0.6) is 5.75 Å². The number of hydrogen-bond acceptors (Lipinski definition) is 4. The van der Waals surface area contributed by atoms with Crippen LogP contribution in [0.1, 0.15) is 36.7 Å². The molecule has 2 N–H and O–H groups in total. The predicted octanol–water partition coefficient (Wildman–Crippen LogP) is 4.02. The number of aryl methyl sites for hydroxylation is 1. The maximum Gasteiger partial charge on any atom is 0.191 e. The fourth-order valence-electron chi connectivity index (χ4n) is 2.98. The molecular weight excluding hydrogens is 469 g/mol. The van der Waals surface area contributed by atoms with Gasteiger partial charge < -0.3 is 24.5 Å². The third-order valence-electron chi connectivity index (χ3n) is 4.43. The Morgan fingerprint density at radius 1 is 1.29 bits per heavy atom. The van der Waals surface area contributed by atoms with E-state index in [4.69, 9.17) is 18.9 Å². The Hall–Kier alpha value is -1.74. The Labute approximate surface area is 184 Å². The van der Waals surface area contributed by atoms with Crippen LogP contribution in [0.2, 0.25) is 0 Å². The van der Waals surface area contributed by atoms with Gasteiger partial charge in [-0.2, -0.15) is 0 Å². The van der Waals surface area contributed by atoms with Gasteiger partial charge in [0.05, 0.1) is 25.5 Å². The SMILES string of the molecule is CCNC(=NCc1ccc(C)cc1OCC1CCCO1)NCc1ccco1.I. The molecule has 6 nitrogen and oxygen atoms in total. The summed E-state index contributed by atoms with van der Waals surface area (Å²) < 4.78 is 17.1. The number of nitrogens with one attached hydrogen (secondary N) is 2. The van der Waals surface area contributed by atoms with E-state index in [1.165, 1.54) is 5.56 Å². The van der Waals surface area contributed by atoms with Crippen molar-refractivity contribution in [1.82, 2.24) is 10.6 Å². The van der Waals surface area contributed by atoms with E-state index in [9.17, 15) is 0 Å². The van der Waals surface area contributed by atoms with Crippen LogP contribution in [0.25, 0.3) is 0 Å². The highest BCUT2D eigenvalue weighted by molar-refractivity contribution is 14.0. The lowest BCUT2D eigenvalue weighted by Crippen LogP contribution is -2.36. The number of furan rings is 1. The molecule has 0 amide bonds. The van der Waals surface area contributed by atoms with Crippen molar-refractivity contribution in [1.29, 1.82) is 0 Å². The summed E-state index contributed by atoms with van der Waals surface area (Å²) in [7, 11) is 0. The smallest absolute Gasteiger partial charge is 0.191 e. The van der Waals surface area contributed by atoms with E-state index in [2.05, 4.69) is 35.8 Å². The van der Waals surface area contributed by atoms with Gasteiger partial charge in [-0.05, 0) is 50.5 Å². The largest absolute Gasteiger partial charge is 0.491 e. The van der Waals surface area contributed by atoms with Crippen molar-refractivity contribution in [2.45, 2.75) is 45.9 Å². The Morgan fingerprint density at radius 3 is 2.89 bits per heavy atom. The lowest BCUT2D eigenvalue weighted by atomic mass is 10.1. The van der Waals surface area contributed by atoms with Crippen LogP contribution in [-0.4, -0.2) is 31.8 Å². The molecule has 0 radical (unpaired) electrons. The number of halogens is 1. The molecule has 2 heterocycles. The minimum absolute atomic E-state index is 0. The molecule has 0 aliphatic carbocycles. The molecule has 1 fully saturated rings. The van der Waals surface area contributed by atoms with Gasteiger partial charge in [-0.15, -0.1) is 24.0 Å². The molecular formula is C21H30IN3O3. The molecule has 3 rings (SSSR count). The van der Waals surface area contributed by atoms with E-state index in [-0.39, 0.29) is 30.1 Å². The van der Waals surface area contributed by atoms with Gasteiger partial charge in [0.15, 0.2) is 5.96 Å². The van der Waals surface area contributed by atoms with Gasteiger partial charge in [0.25, 0.3) is 0 Å². The van der Waals surface area contributed by atoms with E-state index in [1.54, 1.807) is 6.26 Å². The second-order valence-corrected chi connectivity index (χ2v) is 6.69. The first kappa shape index (κ1) is 22.5. The molecule has 0 spiro atoms. The number of guanidine groups is 1. The van der Waals surface area contributed by atoms with E-state index >= 15 is 0 Å². The summed E-state index contributed by atoms with van der Waals surface area (Å²) in [6.45, 7) is 7.47. The number of rotatable bonds is 8. The summed E-state index contributed by atoms with van der Waals surface area (Å²) in [4.78, 5) is 4.69. The van der Waals surface area contributed by atoms with E-state index in [1.807, 2.05) is 19.1 Å². The molecule has 1 aliphatic heterocycles.